The molecule has 0 bridgehead atoms. The van der Waals surface area contributed by atoms with Crippen LogP contribution in [0.4, 0.5) is 0 Å². The molecule has 2 nitrogen and oxygen atoms in total. The first-order chi connectivity index (χ1) is 7.66. The maximum absolute atomic E-state index is 11.9. The lowest BCUT2D eigenvalue weighted by Crippen LogP contribution is -2.20. The predicted octanol–water partition coefficient (Wildman–Crippen LogP) is 2.63. The van der Waals surface area contributed by atoms with Gasteiger partial charge in [0.1, 0.15) is 0 Å². The van der Waals surface area contributed by atoms with Gasteiger partial charge in [-0.25, -0.2) is 0 Å². The van der Waals surface area contributed by atoms with Crippen LogP contribution in [0.3, 0.4) is 0 Å². The number of benzene rings is 1. The molecular weight excluding hydrogens is 198 g/mol. The van der Waals surface area contributed by atoms with Gasteiger partial charge in [-0.1, -0.05) is 12.1 Å². The van der Waals surface area contributed by atoms with Gasteiger partial charge >= 0.3 is 0 Å². The van der Waals surface area contributed by atoms with Crippen molar-refractivity contribution in [1.29, 1.82) is 0 Å². The third kappa shape index (κ3) is 2.92. The largest absolute Gasteiger partial charge is 0.314 e. The van der Waals surface area contributed by atoms with Crippen molar-refractivity contribution in [1.82, 2.24) is 5.32 Å². The molecule has 0 spiro atoms. The number of aryl methyl sites for hydroxylation is 2. The van der Waals surface area contributed by atoms with Crippen LogP contribution in [0.1, 0.15) is 40.7 Å². The maximum atomic E-state index is 11.9. The van der Waals surface area contributed by atoms with Gasteiger partial charge in [-0.2, -0.15) is 0 Å². The fraction of sp³-hybridized carbons (Fsp3) is 0.500. The third-order valence-corrected chi connectivity index (χ3v) is 3.19. The number of nitrogens with one attached hydrogen (secondary N) is 1. The van der Waals surface area contributed by atoms with E-state index in [1.807, 2.05) is 18.2 Å². The summed E-state index contributed by atoms with van der Waals surface area (Å²) in [6.07, 6.45) is 3.16. The summed E-state index contributed by atoms with van der Waals surface area (Å²) < 4.78 is 0. The van der Waals surface area contributed by atoms with Crippen LogP contribution in [-0.2, 0) is 0 Å². The van der Waals surface area contributed by atoms with E-state index >= 15 is 0 Å². The van der Waals surface area contributed by atoms with Crippen LogP contribution in [0.25, 0.3) is 0 Å². The van der Waals surface area contributed by atoms with E-state index in [1.165, 1.54) is 24.0 Å². The van der Waals surface area contributed by atoms with Gasteiger partial charge in [0, 0.05) is 24.6 Å². The highest BCUT2D eigenvalue weighted by atomic mass is 16.1. The van der Waals surface area contributed by atoms with E-state index in [2.05, 4.69) is 19.2 Å². The summed E-state index contributed by atoms with van der Waals surface area (Å²) in [6.45, 7) is 4.93. The zero-order valence-corrected chi connectivity index (χ0v) is 10.0. The SMILES string of the molecule is Cc1ccc(C(=O)CCNC2CC2)cc1C. The molecule has 0 unspecified atom stereocenters. The van der Waals surface area contributed by atoms with Gasteiger partial charge in [0.25, 0.3) is 0 Å². The lowest BCUT2D eigenvalue weighted by Gasteiger charge is -2.05. The standard InChI is InChI=1S/C14H19NO/c1-10-3-4-12(9-11(10)2)14(16)7-8-15-13-5-6-13/h3-4,9,13,15H,5-8H2,1-2H3. The Balaban J connectivity index is 1.88. The van der Waals surface area contributed by atoms with Crippen LogP contribution in [-0.4, -0.2) is 18.4 Å². The van der Waals surface area contributed by atoms with Gasteiger partial charge in [0.05, 0.1) is 0 Å². The van der Waals surface area contributed by atoms with Gasteiger partial charge in [-0.3, -0.25) is 4.79 Å². The highest BCUT2D eigenvalue weighted by Crippen LogP contribution is 2.18. The van der Waals surface area contributed by atoms with Crippen LogP contribution in [0.5, 0.6) is 0 Å². The van der Waals surface area contributed by atoms with Crippen molar-refractivity contribution in [2.24, 2.45) is 0 Å². The molecule has 86 valence electrons. The average Bonchev–Trinajstić information content (AvgIpc) is 3.06. The Bertz CT molecular complexity index is 394. The summed E-state index contributed by atoms with van der Waals surface area (Å²) in [5.41, 5.74) is 3.29. The summed E-state index contributed by atoms with van der Waals surface area (Å²) >= 11 is 0. The summed E-state index contributed by atoms with van der Waals surface area (Å²) in [6, 6.07) is 6.64. The molecular formula is C14H19NO. The number of carbonyl (C=O) groups is 1. The molecule has 1 aliphatic rings. The Hall–Kier alpha value is -1.15. The van der Waals surface area contributed by atoms with Crippen molar-refractivity contribution in [2.45, 2.75) is 39.2 Å². The summed E-state index contributed by atoms with van der Waals surface area (Å²) in [5, 5.41) is 3.36. The minimum Gasteiger partial charge on any atom is -0.314 e. The number of hydrogen-bond acceptors (Lipinski definition) is 2. The van der Waals surface area contributed by atoms with Crippen LogP contribution in [0.15, 0.2) is 18.2 Å². The average molecular weight is 217 g/mol. The van der Waals surface area contributed by atoms with E-state index in [0.717, 1.165) is 12.1 Å². The maximum Gasteiger partial charge on any atom is 0.164 e. The molecule has 1 aromatic rings. The topological polar surface area (TPSA) is 29.1 Å². The monoisotopic (exact) mass is 217 g/mol. The summed E-state index contributed by atoms with van der Waals surface area (Å²) in [5.74, 6) is 0.247. The van der Waals surface area contributed by atoms with Crippen molar-refractivity contribution in [2.75, 3.05) is 6.54 Å². The molecule has 2 rings (SSSR count). The lowest BCUT2D eigenvalue weighted by atomic mass is 10.0. The number of Topliss-reactive ketones (excluding diaryl/α,β-unsaturated/α-hetero) is 1. The first-order valence-electron chi connectivity index (χ1n) is 6.00. The van der Waals surface area contributed by atoms with E-state index in [1.54, 1.807) is 0 Å². The highest BCUT2D eigenvalue weighted by molar-refractivity contribution is 5.96. The van der Waals surface area contributed by atoms with Crippen molar-refractivity contribution < 1.29 is 4.79 Å². The van der Waals surface area contributed by atoms with Gasteiger partial charge in [0.15, 0.2) is 5.78 Å². The van der Waals surface area contributed by atoms with Crippen LogP contribution in [0.2, 0.25) is 0 Å². The smallest absolute Gasteiger partial charge is 0.164 e. The van der Waals surface area contributed by atoms with Gasteiger partial charge in [-0.15, -0.1) is 0 Å². The van der Waals surface area contributed by atoms with Crippen LogP contribution >= 0.6 is 0 Å². The molecule has 0 heterocycles. The zero-order valence-electron chi connectivity index (χ0n) is 10.0. The van der Waals surface area contributed by atoms with E-state index in [9.17, 15) is 4.79 Å². The summed E-state index contributed by atoms with van der Waals surface area (Å²) in [7, 11) is 0. The van der Waals surface area contributed by atoms with Gasteiger partial charge in [-0.05, 0) is 43.9 Å². The molecule has 16 heavy (non-hydrogen) atoms. The number of rotatable bonds is 5. The fourth-order valence-corrected chi connectivity index (χ4v) is 1.74. The van der Waals surface area contributed by atoms with E-state index in [-0.39, 0.29) is 5.78 Å². The van der Waals surface area contributed by atoms with Gasteiger partial charge in [0.2, 0.25) is 0 Å². The normalized spacial score (nSPS) is 15.1. The van der Waals surface area contributed by atoms with Crippen LogP contribution < -0.4 is 5.32 Å². The predicted molar refractivity (Wildman–Crippen MR) is 65.9 cm³/mol. The molecule has 0 radical (unpaired) electrons. The second-order valence-electron chi connectivity index (χ2n) is 4.70. The molecule has 0 atom stereocenters. The molecule has 1 fully saturated rings. The molecule has 1 saturated carbocycles. The number of ketones is 1. The van der Waals surface area contributed by atoms with Gasteiger partial charge < -0.3 is 5.32 Å². The Labute approximate surface area is 97.1 Å². The Morgan fingerprint density at radius 3 is 2.69 bits per heavy atom. The minimum absolute atomic E-state index is 0.247. The second-order valence-corrected chi connectivity index (χ2v) is 4.70. The third-order valence-electron chi connectivity index (χ3n) is 3.19. The van der Waals surface area contributed by atoms with E-state index in [4.69, 9.17) is 0 Å². The van der Waals surface area contributed by atoms with E-state index < -0.39 is 0 Å². The molecule has 2 heteroatoms. The Morgan fingerprint density at radius 1 is 1.31 bits per heavy atom. The second kappa shape index (κ2) is 4.79. The molecule has 1 N–H and O–H groups in total. The Morgan fingerprint density at radius 2 is 2.06 bits per heavy atom. The van der Waals surface area contributed by atoms with Crippen molar-refractivity contribution in [3.63, 3.8) is 0 Å². The number of carbonyl (C=O) groups excluding carboxylic acids is 1. The fourth-order valence-electron chi connectivity index (χ4n) is 1.74. The van der Waals surface area contributed by atoms with E-state index in [0.29, 0.717) is 12.5 Å². The molecule has 0 saturated heterocycles. The van der Waals surface area contributed by atoms with Crippen molar-refractivity contribution in [3.05, 3.63) is 34.9 Å². The van der Waals surface area contributed by atoms with Crippen molar-refractivity contribution in [3.8, 4) is 0 Å². The van der Waals surface area contributed by atoms with Crippen molar-refractivity contribution >= 4 is 5.78 Å². The molecule has 1 aliphatic carbocycles. The summed E-state index contributed by atoms with van der Waals surface area (Å²) in [4.78, 5) is 11.9. The molecule has 0 amide bonds. The first kappa shape index (κ1) is 11.3. The molecule has 0 aliphatic heterocycles. The molecule has 1 aromatic carbocycles. The Kier molecular flexibility index (Phi) is 3.39. The number of hydrogen-bond donors (Lipinski definition) is 1. The highest BCUT2D eigenvalue weighted by Gasteiger charge is 2.20. The zero-order chi connectivity index (χ0) is 11.5. The molecule has 0 aromatic heterocycles. The lowest BCUT2D eigenvalue weighted by molar-refractivity contribution is 0.0982. The quantitative estimate of drug-likeness (QED) is 0.768. The van der Waals surface area contributed by atoms with Crippen LogP contribution in [0, 0.1) is 13.8 Å². The minimum atomic E-state index is 0.247. The first-order valence-corrected chi connectivity index (χ1v) is 6.00.